The van der Waals surface area contributed by atoms with Gasteiger partial charge in [-0.2, -0.15) is 0 Å². The van der Waals surface area contributed by atoms with E-state index in [2.05, 4.69) is 42.8 Å². The van der Waals surface area contributed by atoms with Crippen LogP contribution in [0.5, 0.6) is 0 Å². The summed E-state index contributed by atoms with van der Waals surface area (Å²) in [7, 11) is 2.00. The van der Waals surface area contributed by atoms with Gasteiger partial charge in [-0.05, 0) is 46.4 Å². The van der Waals surface area contributed by atoms with Crippen LogP contribution < -0.4 is 10.2 Å². The number of hydrogen-bond acceptors (Lipinski definition) is 5. The summed E-state index contributed by atoms with van der Waals surface area (Å²) in [5.74, 6) is 0. The predicted octanol–water partition coefficient (Wildman–Crippen LogP) is 2.98. The molecular weight excluding hydrogens is 280 g/mol. The minimum atomic E-state index is 0.928. The average molecular weight is 313 g/mol. The van der Waals surface area contributed by atoms with Crippen LogP contribution in [0.2, 0.25) is 0 Å². The third kappa shape index (κ3) is 5.57. The number of aromatic nitrogens is 1. The molecule has 21 heavy (non-hydrogen) atoms. The maximum atomic E-state index is 4.85. The summed E-state index contributed by atoms with van der Waals surface area (Å²) in [4.78, 5) is 11.1. The van der Waals surface area contributed by atoms with Gasteiger partial charge in [0.15, 0.2) is 5.13 Å². The second-order valence-corrected chi connectivity index (χ2v) is 6.27. The van der Waals surface area contributed by atoms with Gasteiger partial charge in [0, 0.05) is 24.5 Å². The van der Waals surface area contributed by atoms with E-state index in [4.69, 9.17) is 4.98 Å². The molecule has 122 valence electrons. The second-order valence-electron chi connectivity index (χ2n) is 5.21. The first-order chi connectivity index (χ1) is 10.2. The molecule has 0 atom stereocenters. The number of aryl methyl sites for hydroxylation is 1. The molecule has 0 saturated carbocycles. The summed E-state index contributed by atoms with van der Waals surface area (Å²) in [6.07, 6.45) is 2.22. The van der Waals surface area contributed by atoms with E-state index >= 15 is 0 Å². The van der Waals surface area contributed by atoms with Crippen molar-refractivity contribution < 1.29 is 0 Å². The fraction of sp³-hybridized carbons (Fsp3) is 0.812. The molecule has 0 bridgehead atoms. The quantitative estimate of drug-likeness (QED) is 0.681. The molecule has 4 nitrogen and oxygen atoms in total. The smallest absolute Gasteiger partial charge is 0.185 e. The zero-order chi connectivity index (χ0) is 15.7. The van der Waals surface area contributed by atoms with E-state index in [1.54, 1.807) is 0 Å². The van der Waals surface area contributed by atoms with Crippen LogP contribution >= 0.6 is 11.3 Å². The summed E-state index contributed by atoms with van der Waals surface area (Å²) < 4.78 is 0. The Morgan fingerprint density at radius 2 is 1.76 bits per heavy atom. The number of anilines is 1. The number of nitrogens with one attached hydrogen (secondary N) is 1. The molecule has 5 heteroatoms. The topological polar surface area (TPSA) is 31.4 Å². The van der Waals surface area contributed by atoms with Crippen molar-refractivity contribution in [2.24, 2.45) is 0 Å². The molecule has 0 amide bonds. The molecule has 0 fully saturated rings. The lowest BCUT2D eigenvalue weighted by Gasteiger charge is -2.23. The largest absolute Gasteiger partial charge is 0.348 e. The molecule has 0 aliphatic rings. The van der Waals surface area contributed by atoms with Crippen molar-refractivity contribution >= 4 is 16.5 Å². The molecule has 0 aliphatic heterocycles. The van der Waals surface area contributed by atoms with Gasteiger partial charge >= 0.3 is 0 Å². The van der Waals surface area contributed by atoms with Crippen LogP contribution in [-0.4, -0.2) is 49.7 Å². The molecule has 1 rings (SSSR count). The van der Waals surface area contributed by atoms with Gasteiger partial charge in [-0.15, -0.1) is 11.3 Å². The molecule has 1 aromatic rings. The molecule has 0 aromatic carbocycles. The first-order valence-corrected chi connectivity index (χ1v) is 9.12. The minimum absolute atomic E-state index is 0.928. The summed E-state index contributed by atoms with van der Waals surface area (Å²) >= 11 is 1.85. The lowest BCUT2D eigenvalue weighted by atomic mass is 10.3. The Hall–Kier alpha value is -0.650. The van der Waals surface area contributed by atoms with Crippen LogP contribution in [0.1, 0.15) is 44.7 Å². The third-order valence-electron chi connectivity index (χ3n) is 3.89. The third-order valence-corrected chi connectivity index (χ3v) is 5.05. The molecular formula is C16H32N4S. The predicted molar refractivity (Wildman–Crippen MR) is 94.5 cm³/mol. The van der Waals surface area contributed by atoms with E-state index in [9.17, 15) is 0 Å². The molecule has 0 saturated heterocycles. The molecule has 0 spiro atoms. The van der Waals surface area contributed by atoms with Crippen molar-refractivity contribution in [2.75, 3.05) is 44.7 Å². The molecule has 1 aromatic heterocycles. The Morgan fingerprint density at radius 3 is 2.29 bits per heavy atom. The van der Waals surface area contributed by atoms with Crippen LogP contribution in [0.25, 0.3) is 0 Å². The van der Waals surface area contributed by atoms with Crippen molar-refractivity contribution in [2.45, 2.75) is 47.1 Å². The van der Waals surface area contributed by atoms with Gasteiger partial charge in [-0.1, -0.05) is 20.8 Å². The van der Waals surface area contributed by atoms with Crippen molar-refractivity contribution in [3.63, 3.8) is 0 Å². The molecule has 0 unspecified atom stereocenters. The number of rotatable bonds is 11. The van der Waals surface area contributed by atoms with E-state index in [0.29, 0.717) is 0 Å². The van der Waals surface area contributed by atoms with E-state index in [-0.39, 0.29) is 0 Å². The second kappa shape index (κ2) is 10.1. The Morgan fingerprint density at radius 1 is 1.05 bits per heavy atom. The fourth-order valence-corrected chi connectivity index (χ4v) is 3.74. The van der Waals surface area contributed by atoms with Gasteiger partial charge in [0.2, 0.25) is 0 Å². The van der Waals surface area contributed by atoms with Crippen LogP contribution in [0.3, 0.4) is 0 Å². The Balaban J connectivity index is 2.62. The monoisotopic (exact) mass is 312 g/mol. The number of hydrogen-bond donors (Lipinski definition) is 1. The van der Waals surface area contributed by atoms with E-state index in [1.165, 1.54) is 28.7 Å². The zero-order valence-electron chi connectivity index (χ0n) is 14.4. The SMILES string of the molecule is CCc1nc(N(CC)CCCN(CC)CC)sc1CNC. The highest BCUT2D eigenvalue weighted by Gasteiger charge is 2.14. The highest BCUT2D eigenvalue weighted by molar-refractivity contribution is 7.15. The highest BCUT2D eigenvalue weighted by atomic mass is 32.1. The maximum absolute atomic E-state index is 4.85. The van der Waals surface area contributed by atoms with Gasteiger partial charge in [0.25, 0.3) is 0 Å². The van der Waals surface area contributed by atoms with Crippen LogP contribution in [0, 0.1) is 0 Å². The van der Waals surface area contributed by atoms with Crippen LogP contribution in [0.4, 0.5) is 5.13 Å². The van der Waals surface area contributed by atoms with Crippen molar-refractivity contribution in [1.29, 1.82) is 0 Å². The van der Waals surface area contributed by atoms with Crippen molar-refractivity contribution in [3.8, 4) is 0 Å². The van der Waals surface area contributed by atoms with Gasteiger partial charge in [0.05, 0.1) is 5.69 Å². The van der Waals surface area contributed by atoms with Gasteiger partial charge in [-0.25, -0.2) is 4.98 Å². The lowest BCUT2D eigenvalue weighted by Crippen LogP contribution is -2.29. The van der Waals surface area contributed by atoms with E-state index < -0.39 is 0 Å². The van der Waals surface area contributed by atoms with Gasteiger partial charge < -0.3 is 15.1 Å². The standard InChI is InChI=1S/C16H32N4S/c1-6-14-15(13-17-5)21-16(18-14)20(9-4)12-10-11-19(7-2)8-3/h17H,6-13H2,1-5H3. The lowest BCUT2D eigenvalue weighted by molar-refractivity contribution is 0.301. The van der Waals surface area contributed by atoms with Crippen molar-refractivity contribution in [1.82, 2.24) is 15.2 Å². The molecule has 1 N–H and O–H groups in total. The maximum Gasteiger partial charge on any atom is 0.185 e. The Bertz CT molecular complexity index is 388. The average Bonchev–Trinajstić information content (AvgIpc) is 2.91. The molecule has 0 aliphatic carbocycles. The van der Waals surface area contributed by atoms with E-state index in [0.717, 1.165) is 39.1 Å². The van der Waals surface area contributed by atoms with Gasteiger partial charge in [-0.3, -0.25) is 0 Å². The first-order valence-electron chi connectivity index (χ1n) is 8.30. The van der Waals surface area contributed by atoms with Crippen LogP contribution in [0.15, 0.2) is 0 Å². The Kier molecular flexibility index (Phi) is 8.88. The van der Waals surface area contributed by atoms with Crippen LogP contribution in [-0.2, 0) is 13.0 Å². The summed E-state index contributed by atoms with van der Waals surface area (Å²) in [5, 5.41) is 4.44. The van der Waals surface area contributed by atoms with E-state index in [1.807, 2.05) is 18.4 Å². The highest BCUT2D eigenvalue weighted by Crippen LogP contribution is 2.27. The summed E-state index contributed by atoms with van der Waals surface area (Å²) in [5.41, 5.74) is 1.26. The normalized spacial score (nSPS) is 11.3. The minimum Gasteiger partial charge on any atom is -0.348 e. The first kappa shape index (κ1) is 18.4. The number of nitrogens with zero attached hydrogens (tertiary/aromatic N) is 3. The number of thiazole rings is 1. The van der Waals surface area contributed by atoms with Crippen molar-refractivity contribution in [3.05, 3.63) is 10.6 Å². The zero-order valence-corrected chi connectivity index (χ0v) is 15.2. The fourth-order valence-electron chi connectivity index (χ4n) is 2.49. The summed E-state index contributed by atoms with van der Waals surface area (Å²) in [6, 6.07) is 0. The summed E-state index contributed by atoms with van der Waals surface area (Å²) in [6.45, 7) is 15.4. The molecule has 0 radical (unpaired) electrons. The molecule has 1 heterocycles. The van der Waals surface area contributed by atoms with Gasteiger partial charge in [0.1, 0.15) is 0 Å². The Labute approximate surface area is 134 Å².